The van der Waals surface area contributed by atoms with Crippen LogP contribution in [0.25, 0.3) is 21.7 Å². The maximum Gasteiger partial charge on any atom is 0.231 e. The molecule has 4 N–H and O–H groups in total. The van der Waals surface area contributed by atoms with Crippen molar-refractivity contribution < 1.29 is 17.9 Å². The monoisotopic (exact) mass is 533 g/mol. The average Bonchev–Trinajstić information content (AvgIpc) is 3.52. The second-order valence-electron chi connectivity index (χ2n) is 7.98. The fraction of sp³-hybridized carbons (Fsp3) is 0.333. The molecule has 184 valence electrons. The summed E-state index contributed by atoms with van der Waals surface area (Å²) >= 11 is 3.05. The van der Waals surface area contributed by atoms with Gasteiger partial charge in [-0.05, 0) is 31.9 Å². The van der Waals surface area contributed by atoms with Crippen molar-refractivity contribution >= 4 is 50.1 Å². The summed E-state index contributed by atoms with van der Waals surface area (Å²) in [5, 5.41) is 6.67. The first kappa shape index (κ1) is 23.8. The van der Waals surface area contributed by atoms with Gasteiger partial charge in [0.2, 0.25) is 16.8 Å². The normalized spacial score (nSPS) is 13.1. The smallest absolute Gasteiger partial charge is 0.231 e. The fourth-order valence-electron chi connectivity index (χ4n) is 3.72. The van der Waals surface area contributed by atoms with Gasteiger partial charge >= 0.3 is 0 Å². The number of rotatable bonds is 9. The number of aryl methyl sites for hydroxylation is 2. The molecule has 0 fully saturated rings. The zero-order valence-corrected chi connectivity index (χ0v) is 21.3. The van der Waals surface area contributed by atoms with Crippen LogP contribution >= 0.6 is 23.1 Å². The number of thiazole rings is 1. The maximum absolute atomic E-state index is 11.2. The van der Waals surface area contributed by atoms with Crippen molar-refractivity contribution in [2.45, 2.75) is 42.8 Å². The van der Waals surface area contributed by atoms with Crippen LogP contribution in [0.4, 0.5) is 5.82 Å². The van der Waals surface area contributed by atoms with E-state index in [4.69, 9.17) is 25.3 Å². The molecule has 35 heavy (non-hydrogen) atoms. The zero-order valence-electron chi connectivity index (χ0n) is 18.8. The summed E-state index contributed by atoms with van der Waals surface area (Å²) in [7, 11) is -3.47. The number of unbranched alkanes of at least 4 members (excludes halogenated alkanes) is 2. The third-order valence-corrected chi connectivity index (χ3v) is 8.22. The highest BCUT2D eigenvalue weighted by molar-refractivity contribution is 7.99. The van der Waals surface area contributed by atoms with Gasteiger partial charge < -0.3 is 19.8 Å². The lowest BCUT2D eigenvalue weighted by Gasteiger charge is -2.11. The molecule has 1 aliphatic heterocycles. The lowest BCUT2D eigenvalue weighted by Crippen LogP contribution is -2.16. The quantitative estimate of drug-likeness (QED) is 0.306. The van der Waals surface area contributed by atoms with Crippen molar-refractivity contribution in [2.75, 3.05) is 18.3 Å². The number of nitrogen functional groups attached to an aromatic ring is 1. The Balaban J connectivity index is 1.49. The van der Waals surface area contributed by atoms with Crippen molar-refractivity contribution in [3.05, 3.63) is 29.5 Å². The number of benzene rings is 1. The van der Waals surface area contributed by atoms with E-state index in [2.05, 4.69) is 15.0 Å². The lowest BCUT2D eigenvalue weighted by molar-refractivity contribution is 0.174. The van der Waals surface area contributed by atoms with Crippen LogP contribution in [0, 0.1) is 6.92 Å². The summed E-state index contributed by atoms with van der Waals surface area (Å²) in [6.45, 7) is 2.76. The van der Waals surface area contributed by atoms with Gasteiger partial charge in [-0.15, -0.1) is 11.3 Å². The third-order valence-electron chi connectivity index (χ3n) is 5.36. The molecule has 0 saturated carbocycles. The second kappa shape index (κ2) is 9.60. The van der Waals surface area contributed by atoms with Gasteiger partial charge in [0.05, 0.1) is 5.75 Å². The van der Waals surface area contributed by atoms with Crippen molar-refractivity contribution in [3.63, 3.8) is 0 Å². The molecule has 0 saturated heterocycles. The second-order valence-corrected chi connectivity index (χ2v) is 12.0. The maximum atomic E-state index is 11.2. The van der Waals surface area contributed by atoms with Gasteiger partial charge in [0.15, 0.2) is 33.6 Å². The van der Waals surface area contributed by atoms with Crippen molar-refractivity contribution in [1.82, 2.24) is 24.5 Å². The molecule has 1 aliphatic rings. The van der Waals surface area contributed by atoms with Crippen LogP contribution in [0.1, 0.15) is 24.1 Å². The van der Waals surface area contributed by atoms with Crippen LogP contribution in [-0.2, 0) is 16.6 Å². The summed E-state index contributed by atoms with van der Waals surface area (Å²) < 4.78 is 35.7. The summed E-state index contributed by atoms with van der Waals surface area (Å²) in [4.78, 5) is 19.8. The highest BCUT2D eigenvalue weighted by atomic mass is 32.2. The molecule has 4 aromatic rings. The van der Waals surface area contributed by atoms with Gasteiger partial charge in [0.25, 0.3) is 0 Å². The molecule has 1 aromatic carbocycles. The molecule has 14 heteroatoms. The molecular formula is C21H23N7O4S3. The Labute approximate surface area is 210 Å². The summed E-state index contributed by atoms with van der Waals surface area (Å²) in [5.74, 6) is 1.60. The van der Waals surface area contributed by atoms with E-state index < -0.39 is 10.0 Å². The Morgan fingerprint density at radius 1 is 1.14 bits per heavy atom. The number of imidazole rings is 1. The SMILES string of the molecule is Cc1cnc(-c2cc3c(cc2Sc2nc4c(N)ncnc4n2CCCCCS(N)(=O)=O)OCO3)s1. The number of fused-ring (bicyclic) bond motifs is 2. The molecule has 3 aromatic heterocycles. The molecule has 0 amide bonds. The Morgan fingerprint density at radius 3 is 2.69 bits per heavy atom. The van der Waals surface area contributed by atoms with E-state index in [1.54, 1.807) is 11.3 Å². The lowest BCUT2D eigenvalue weighted by atomic mass is 10.2. The van der Waals surface area contributed by atoms with E-state index in [9.17, 15) is 8.42 Å². The number of aromatic nitrogens is 5. The highest BCUT2D eigenvalue weighted by Crippen LogP contribution is 2.45. The number of primary sulfonamides is 1. The predicted octanol–water partition coefficient (Wildman–Crippen LogP) is 3.18. The Hall–Kier alpha value is -2.94. The standard InChI is InChI=1S/C21H23N7O4S3/c1-12-9-24-20(33-12)13-7-14-15(32-11-31-14)8-16(13)34-21-27-17-18(22)25-10-26-19(17)28(21)5-3-2-4-6-35(23,29)30/h7-10H,2-6,11H2,1H3,(H2,22,25,26)(H2,23,29,30). The van der Waals surface area contributed by atoms with Crippen LogP contribution in [-0.4, -0.2) is 45.5 Å². The summed E-state index contributed by atoms with van der Waals surface area (Å²) in [6.07, 6.45) is 5.15. The number of anilines is 1. The van der Waals surface area contributed by atoms with E-state index >= 15 is 0 Å². The molecule has 11 nitrogen and oxygen atoms in total. The first-order valence-electron chi connectivity index (χ1n) is 10.8. The Bertz CT molecular complexity index is 1500. The van der Waals surface area contributed by atoms with Gasteiger partial charge in [0, 0.05) is 28.1 Å². The van der Waals surface area contributed by atoms with Crippen LogP contribution in [0.3, 0.4) is 0 Å². The molecule has 0 bridgehead atoms. The van der Waals surface area contributed by atoms with Crippen molar-refractivity contribution in [2.24, 2.45) is 5.14 Å². The van der Waals surface area contributed by atoms with Gasteiger partial charge in [-0.1, -0.05) is 18.2 Å². The molecule has 0 spiro atoms. The van der Waals surface area contributed by atoms with E-state index in [0.717, 1.165) is 26.8 Å². The fourth-order valence-corrected chi connectivity index (χ4v) is 6.23. The molecule has 5 rings (SSSR count). The Morgan fingerprint density at radius 2 is 1.94 bits per heavy atom. The first-order valence-corrected chi connectivity index (χ1v) is 14.1. The van der Waals surface area contributed by atoms with Crippen molar-refractivity contribution in [1.29, 1.82) is 0 Å². The van der Waals surface area contributed by atoms with Crippen LogP contribution in [0.2, 0.25) is 0 Å². The van der Waals surface area contributed by atoms with Gasteiger partial charge in [0.1, 0.15) is 11.3 Å². The molecule has 0 atom stereocenters. The van der Waals surface area contributed by atoms with Gasteiger partial charge in [-0.3, -0.25) is 0 Å². The number of nitrogens with zero attached hydrogens (tertiary/aromatic N) is 5. The topological polar surface area (TPSA) is 161 Å². The Kier molecular flexibility index (Phi) is 6.53. The van der Waals surface area contributed by atoms with E-state index in [1.165, 1.54) is 18.1 Å². The molecule has 0 aliphatic carbocycles. The molecule has 0 unspecified atom stereocenters. The van der Waals surface area contributed by atoms with E-state index in [-0.39, 0.29) is 12.5 Å². The average molecular weight is 534 g/mol. The largest absolute Gasteiger partial charge is 0.454 e. The minimum absolute atomic E-state index is 0.0395. The van der Waals surface area contributed by atoms with Crippen LogP contribution in [0.5, 0.6) is 11.5 Å². The predicted molar refractivity (Wildman–Crippen MR) is 134 cm³/mol. The minimum Gasteiger partial charge on any atom is -0.454 e. The number of ether oxygens (including phenoxy) is 2. The number of hydrogen-bond acceptors (Lipinski definition) is 11. The first-order chi connectivity index (χ1) is 16.8. The van der Waals surface area contributed by atoms with Crippen LogP contribution in [0.15, 0.2) is 34.7 Å². The van der Waals surface area contributed by atoms with Gasteiger partial charge in [-0.2, -0.15) is 0 Å². The molecule has 4 heterocycles. The minimum atomic E-state index is -3.47. The van der Waals surface area contributed by atoms with Gasteiger partial charge in [-0.25, -0.2) is 33.5 Å². The zero-order chi connectivity index (χ0) is 24.6. The molecular weight excluding hydrogens is 510 g/mol. The number of nitrogens with two attached hydrogens (primary N) is 2. The summed E-state index contributed by atoms with van der Waals surface area (Å²) in [5.41, 5.74) is 8.16. The van der Waals surface area contributed by atoms with Crippen LogP contribution < -0.4 is 20.3 Å². The van der Waals surface area contributed by atoms with E-state index in [0.29, 0.717) is 53.0 Å². The van der Waals surface area contributed by atoms with E-state index in [1.807, 2.05) is 29.8 Å². The summed E-state index contributed by atoms with van der Waals surface area (Å²) in [6, 6.07) is 3.88. The number of sulfonamides is 1. The highest BCUT2D eigenvalue weighted by Gasteiger charge is 2.23. The number of hydrogen-bond donors (Lipinski definition) is 2. The van der Waals surface area contributed by atoms with Crippen molar-refractivity contribution in [3.8, 4) is 22.1 Å². The molecule has 0 radical (unpaired) electrons. The third kappa shape index (κ3) is 5.19.